The number of ether oxygens (including phenoxy) is 3. The number of nitrogens with zero attached hydrogens (tertiary/aromatic N) is 2. The zero-order valence-corrected chi connectivity index (χ0v) is 17.9. The molecular weight excluding hydrogens is 384 g/mol. The molecule has 0 unspecified atom stereocenters. The Bertz CT molecular complexity index is 980. The van der Waals surface area contributed by atoms with E-state index < -0.39 is 12.6 Å². The quantitative estimate of drug-likeness (QED) is 0.271. The van der Waals surface area contributed by atoms with E-state index in [1.807, 2.05) is 31.4 Å². The molecule has 1 atom stereocenters. The average molecular weight is 410 g/mol. The number of aromatic nitrogens is 1. The molecule has 158 valence electrons. The Morgan fingerprint density at radius 2 is 1.87 bits per heavy atom. The van der Waals surface area contributed by atoms with Gasteiger partial charge in [-0.2, -0.15) is 5.26 Å². The van der Waals surface area contributed by atoms with Gasteiger partial charge in [-0.05, 0) is 50.6 Å². The number of benzene rings is 1. The molecule has 0 fully saturated rings. The van der Waals surface area contributed by atoms with Gasteiger partial charge in [-0.25, -0.2) is 4.79 Å². The lowest BCUT2D eigenvalue weighted by Gasteiger charge is -2.17. The molecule has 1 heterocycles. The number of ketones is 1. The maximum absolute atomic E-state index is 12.6. The molecular formula is C23H26N2O5. The van der Waals surface area contributed by atoms with Gasteiger partial charge in [-0.3, -0.25) is 4.79 Å². The lowest BCUT2D eigenvalue weighted by molar-refractivity contribution is -0.137. The molecule has 7 nitrogen and oxygen atoms in total. The summed E-state index contributed by atoms with van der Waals surface area (Å²) >= 11 is 0. The highest BCUT2D eigenvalue weighted by Crippen LogP contribution is 2.21. The van der Waals surface area contributed by atoms with E-state index in [-0.39, 0.29) is 17.4 Å². The summed E-state index contributed by atoms with van der Waals surface area (Å²) in [5, 5.41) is 9.29. The SMILES string of the molecule is COC[C@H](C)n1c(C)cc(C(=O)COC(=O)/C(C#N)=C/c2ccc(OC)cc2)c1C. The van der Waals surface area contributed by atoms with E-state index in [0.29, 0.717) is 23.5 Å². The van der Waals surface area contributed by atoms with Gasteiger partial charge >= 0.3 is 5.97 Å². The Labute approximate surface area is 176 Å². The Balaban J connectivity index is 2.09. The van der Waals surface area contributed by atoms with Gasteiger partial charge in [0.2, 0.25) is 5.78 Å². The van der Waals surface area contributed by atoms with E-state index in [9.17, 15) is 14.9 Å². The third kappa shape index (κ3) is 5.37. The van der Waals surface area contributed by atoms with Crippen LogP contribution in [0, 0.1) is 25.2 Å². The molecule has 0 amide bonds. The molecule has 0 spiro atoms. The van der Waals surface area contributed by atoms with Crippen LogP contribution in [0.25, 0.3) is 6.08 Å². The van der Waals surface area contributed by atoms with Gasteiger partial charge in [0.1, 0.15) is 17.4 Å². The van der Waals surface area contributed by atoms with Crippen molar-refractivity contribution in [2.45, 2.75) is 26.8 Å². The number of hydrogen-bond acceptors (Lipinski definition) is 6. The lowest BCUT2D eigenvalue weighted by atomic mass is 10.1. The van der Waals surface area contributed by atoms with Crippen LogP contribution in [0.3, 0.4) is 0 Å². The number of esters is 1. The van der Waals surface area contributed by atoms with Crippen LogP contribution in [-0.2, 0) is 14.3 Å². The number of methoxy groups -OCH3 is 2. The van der Waals surface area contributed by atoms with Gasteiger partial charge in [0.25, 0.3) is 0 Å². The van der Waals surface area contributed by atoms with Gasteiger partial charge in [-0.1, -0.05) is 12.1 Å². The Hall–Kier alpha value is -3.37. The van der Waals surface area contributed by atoms with Crippen LogP contribution in [0.4, 0.5) is 0 Å². The number of aryl methyl sites for hydroxylation is 1. The van der Waals surface area contributed by atoms with Crippen LogP contribution in [0.15, 0.2) is 35.9 Å². The molecule has 0 N–H and O–H groups in total. The second-order valence-corrected chi connectivity index (χ2v) is 6.90. The molecule has 30 heavy (non-hydrogen) atoms. The first-order chi connectivity index (χ1) is 14.3. The summed E-state index contributed by atoms with van der Waals surface area (Å²) in [5.74, 6) is -0.506. The summed E-state index contributed by atoms with van der Waals surface area (Å²) in [6, 6.07) is 10.5. The Kier molecular flexibility index (Phi) is 7.96. The Morgan fingerprint density at radius 3 is 2.43 bits per heavy atom. The first-order valence-electron chi connectivity index (χ1n) is 9.45. The van der Waals surface area contributed by atoms with Crippen LogP contribution in [0.1, 0.15) is 40.3 Å². The van der Waals surface area contributed by atoms with Crippen LogP contribution < -0.4 is 4.74 Å². The van der Waals surface area contributed by atoms with E-state index in [1.54, 1.807) is 44.6 Å². The molecule has 0 radical (unpaired) electrons. The third-order valence-corrected chi connectivity index (χ3v) is 4.73. The lowest BCUT2D eigenvalue weighted by Crippen LogP contribution is -2.17. The summed E-state index contributed by atoms with van der Waals surface area (Å²) in [7, 11) is 3.18. The van der Waals surface area contributed by atoms with Crippen molar-refractivity contribution in [3.63, 3.8) is 0 Å². The molecule has 0 saturated heterocycles. The van der Waals surface area contributed by atoms with Crippen LogP contribution in [0.2, 0.25) is 0 Å². The summed E-state index contributed by atoms with van der Waals surface area (Å²) in [4.78, 5) is 24.9. The number of Topliss-reactive ketones (excluding diaryl/α,β-unsaturated/α-hetero) is 1. The minimum Gasteiger partial charge on any atom is -0.497 e. The molecule has 0 aliphatic heterocycles. The van der Waals surface area contributed by atoms with Crippen molar-refractivity contribution < 1.29 is 23.8 Å². The van der Waals surface area contributed by atoms with Gasteiger partial charge < -0.3 is 18.8 Å². The number of nitriles is 1. The highest BCUT2D eigenvalue weighted by Gasteiger charge is 2.20. The maximum atomic E-state index is 12.6. The molecule has 1 aromatic heterocycles. The minimum absolute atomic E-state index is 0.0664. The number of rotatable bonds is 9. The van der Waals surface area contributed by atoms with E-state index in [4.69, 9.17) is 14.2 Å². The first kappa shape index (κ1) is 22.9. The molecule has 0 saturated carbocycles. The average Bonchev–Trinajstić information content (AvgIpc) is 3.04. The van der Waals surface area contributed by atoms with Crippen LogP contribution in [-0.4, -0.2) is 43.8 Å². The smallest absolute Gasteiger partial charge is 0.349 e. The normalized spacial score (nSPS) is 12.2. The number of carbonyl (C=O) groups is 2. The predicted molar refractivity (Wildman–Crippen MR) is 112 cm³/mol. The molecule has 2 aromatic rings. The van der Waals surface area contributed by atoms with Crippen molar-refractivity contribution in [2.24, 2.45) is 0 Å². The van der Waals surface area contributed by atoms with Gasteiger partial charge in [0, 0.05) is 24.1 Å². The van der Waals surface area contributed by atoms with Crippen molar-refractivity contribution in [1.82, 2.24) is 4.57 Å². The van der Waals surface area contributed by atoms with Crippen molar-refractivity contribution in [1.29, 1.82) is 5.26 Å². The molecule has 2 rings (SSSR count). The summed E-state index contributed by atoms with van der Waals surface area (Å²) in [6.45, 7) is 5.83. The first-order valence-corrected chi connectivity index (χ1v) is 9.45. The van der Waals surface area contributed by atoms with E-state index in [2.05, 4.69) is 0 Å². The zero-order chi connectivity index (χ0) is 22.3. The second kappa shape index (κ2) is 10.4. The molecule has 0 aliphatic carbocycles. The van der Waals surface area contributed by atoms with Crippen molar-refractivity contribution in [3.05, 3.63) is 58.4 Å². The van der Waals surface area contributed by atoms with E-state index >= 15 is 0 Å². The third-order valence-electron chi connectivity index (χ3n) is 4.73. The number of hydrogen-bond donors (Lipinski definition) is 0. The monoisotopic (exact) mass is 410 g/mol. The fourth-order valence-corrected chi connectivity index (χ4v) is 3.34. The molecule has 1 aromatic carbocycles. The fourth-order valence-electron chi connectivity index (χ4n) is 3.34. The predicted octanol–water partition coefficient (Wildman–Crippen LogP) is 3.65. The van der Waals surface area contributed by atoms with E-state index in [1.165, 1.54) is 6.08 Å². The highest BCUT2D eigenvalue weighted by molar-refractivity contribution is 6.02. The molecule has 0 aliphatic rings. The number of carbonyl (C=O) groups excluding carboxylic acids is 2. The van der Waals surface area contributed by atoms with Gasteiger partial charge in [-0.15, -0.1) is 0 Å². The molecule has 7 heteroatoms. The van der Waals surface area contributed by atoms with Crippen molar-refractivity contribution in [3.8, 4) is 11.8 Å². The standard InChI is InChI=1S/C23H26N2O5/c1-15-10-21(17(3)25(15)16(2)13-28-4)22(26)14-30-23(27)19(12-24)11-18-6-8-20(29-5)9-7-18/h6-11,16H,13-14H2,1-5H3/b19-11+/t16-/m0/s1. The Morgan fingerprint density at radius 1 is 1.20 bits per heavy atom. The maximum Gasteiger partial charge on any atom is 0.349 e. The fraction of sp³-hybridized carbons (Fsp3) is 0.348. The summed E-state index contributed by atoms with van der Waals surface area (Å²) in [5.41, 5.74) is 2.65. The van der Waals surface area contributed by atoms with Crippen LogP contribution >= 0.6 is 0 Å². The minimum atomic E-state index is -0.844. The highest BCUT2D eigenvalue weighted by atomic mass is 16.5. The van der Waals surface area contributed by atoms with Gasteiger partial charge in [0.05, 0.1) is 19.8 Å². The van der Waals surface area contributed by atoms with Crippen molar-refractivity contribution >= 4 is 17.8 Å². The summed E-state index contributed by atoms with van der Waals surface area (Å²) < 4.78 is 17.4. The zero-order valence-electron chi connectivity index (χ0n) is 17.9. The largest absolute Gasteiger partial charge is 0.497 e. The van der Waals surface area contributed by atoms with Crippen LogP contribution in [0.5, 0.6) is 5.75 Å². The topological polar surface area (TPSA) is 90.5 Å². The van der Waals surface area contributed by atoms with Crippen molar-refractivity contribution in [2.75, 3.05) is 27.4 Å². The van der Waals surface area contributed by atoms with Gasteiger partial charge in [0.15, 0.2) is 6.61 Å². The second-order valence-electron chi connectivity index (χ2n) is 6.90. The summed E-state index contributed by atoms with van der Waals surface area (Å²) in [6.07, 6.45) is 1.41. The molecule has 0 bridgehead atoms. The van der Waals surface area contributed by atoms with E-state index in [0.717, 1.165) is 11.4 Å².